The Morgan fingerprint density at radius 1 is 1.10 bits per heavy atom. The normalized spacial score (nSPS) is 23.1. The molecule has 0 radical (unpaired) electrons. The molecule has 0 aliphatic heterocycles. The number of benzene rings is 1. The van der Waals surface area contributed by atoms with E-state index in [1.165, 1.54) is 44.1 Å². The number of ether oxygens (including phenoxy) is 1. The zero-order valence-corrected chi connectivity index (χ0v) is 13.0. The molecule has 1 aliphatic rings. The van der Waals surface area contributed by atoms with Gasteiger partial charge in [0.1, 0.15) is 12.4 Å². The highest BCUT2D eigenvalue weighted by molar-refractivity contribution is 5.29. The summed E-state index contributed by atoms with van der Waals surface area (Å²) in [5, 5.41) is 0. The first-order chi connectivity index (χ1) is 9.83. The van der Waals surface area contributed by atoms with E-state index in [0.717, 1.165) is 17.6 Å². The predicted molar refractivity (Wildman–Crippen MR) is 86.4 cm³/mol. The second-order valence-corrected chi connectivity index (χ2v) is 5.96. The van der Waals surface area contributed by atoms with E-state index in [1.54, 1.807) is 0 Å². The van der Waals surface area contributed by atoms with E-state index in [0.29, 0.717) is 6.61 Å². The summed E-state index contributed by atoms with van der Waals surface area (Å²) in [7, 11) is 0. The predicted octanol–water partition coefficient (Wildman–Crippen LogP) is 5.72. The van der Waals surface area contributed by atoms with Gasteiger partial charge in [-0.1, -0.05) is 44.1 Å². The molecule has 20 heavy (non-hydrogen) atoms. The highest BCUT2D eigenvalue weighted by atomic mass is 16.5. The Kier molecular flexibility index (Phi) is 6.17. The Balaban J connectivity index is 1.84. The van der Waals surface area contributed by atoms with Crippen LogP contribution in [0.25, 0.3) is 0 Å². The van der Waals surface area contributed by atoms with Gasteiger partial charge in [-0.25, -0.2) is 0 Å². The molecule has 0 saturated heterocycles. The van der Waals surface area contributed by atoms with Crippen LogP contribution in [-0.4, -0.2) is 6.61 Å². The summed E-state index contributed by atoms with van der Waals surface area (Å²) in [5.41, 5.74) is 1.50. The summed E-state index contributed by atoms with van der Waals surface area (Å²) in [5.74, 6) is 2.74. The fourth-order valence-corrected chi connectivity index (χ4v) is 3.27. The van der Waals surface area contributed by atoms with Crippen LogP contribution in [-0.2, 0) is 0 Å². The van der Waals surface area contributed by atoms with E-state index in [4.69, 9.17) is 4.74 Å². The molecule has 1 aromatic rings. The van der Waals surface area contributed by atoms with E-state index >= 15 is 0 Å². The maximum absolute atomic E-state index is 5.65. The van der Waals surface area contributed by atoms with Crippen LogP contribution in [0.1, 0.15) is 63.9 Å². The summed E-state index contributed by atoms with van der Waals surface area (Å²) in [4.78, 5) is 0. The first-order valence-corrected chi connectivity index (χ1v) is 8.17. The van der Waals surface area contributed by atoms with Crippen LogP contribution < -0.4 is 4.74 Å². The Morgan fingerprint density at radius 2 is 1.80 bits per heavy atom. The Bertz CT molecular complexity index is 396. The van der Waals surface area contributed by atoms with Gasteiger partial charge in [0, 0.05) is 0 Å². The number of hydrogen-bond acceptors (Lipinski definition) is 1. The topological polar surface area (TPSA) is 9.23 Å². The molecule has 1 nitrogen and oxygen atoms in total. The van der Waals surface area contributed by atoms with Crippen molar-refractivity contribution in [1.29, 1.82) is 0 Å². The lowest BCUT2D eigenvalue weighted by atomic mass is 9.77. The molecule has 110 valence electrons. The molecule has 1 heteroatoms. The maximum atomic E-state index is 5.65. The molecule has 0 N–H and O–H groups in total. The van der Waals surface area contributed by atoms with Gasteiger partial charge in [0.05, 0.1) is 0 Å². The Morgan fingerprint density at radius 3 is 2.40 bits per heavy atom. The van der Waals surface area contributed by atoms with Crippen LogP contribution in [0.2, 0.25) is 0 Å². The molecule has 0 atom stereocenters. The van der Waals surface area contributed by atoms with Gasteiger partial charge in [-0.15, -0.1) is 0 Å². The molecule has 1 aromatic carbocycles. The summed E-state index contributed by atoms with van der Waals surface area (Å²) in [6.07, 6.45) is 12.4. The minimum Gasteiger partial charge on any atom is -0.490 e. The first kappa shape index (κ1) is 15.2. The van der Waals surface area contributed by atoms with Gasteiger partial charge < -0.3 is 4.74 Å². The molecule has 0 bridgehead atoms. The molecule has 1 fully saturated rings. The van der Waals surface area contributed by atoms with Gasteiger partial charge >= 0.3 is 0 Å². The SMILES string of the molecule is C/C=C/COc1ccc(C2CCC(CCC)CC2)cc1. The number of rotatable bonds is 6. The molecule has 0 aromatic heterocycles. The summed E-state index contributed by atoms with van der Waals surface area (Å²) < 4.78 is 5.65. The zero-order chi connectivity index (χ0) is 14.2. The number of hydrogen-bond donors (Lipinski definition) is 0. The van der Waals surface area contributed by atoms with Crippen molar-refractivity contribution in [2.24, 2.45) is 5.92 Å². The molecule has 1 aliphatic carbocycles. The molecule has 1 saturated carbocycles. The lowest BCUT2D eigenvalue weighted by Crippen LogP contribution is -2.13. The molecular formula is C19H28O. The van der Waals surface area contributed by atoms with Crippen molar-refractivity contribution < 1.29 is 4.74 Å². The average molecular weight is 272 g/mol. The van der Waals surface area contributed by atoms with Crippen molar-refractivity contribution in [1.82, 2.24) is 0 Å². The van der Waals surface area contributed by atoms with Crippen LogP contribution in [0.3, 0.4) is 0 Å². The summed E-state index contributed by atoms with van der Waals surface area (Å²) >= 11 is 0. The fourth-order valence-electron chi connectivity index (χ4n) is 3.27. The van der Waals surface area contributed by atoms with E-state index in [9.17, 15) is 0 Å². The first-order valence-electron chi connectivity index (χ1n) is 8.17. The van der Waals surface area contributed by atoms with Crippen LogP contribution in [0.4, 0.5) is 0 Å². The third-order valence-corrected chi connectivity index (χ3v) is 4.48. The third-order valence-electron chi connectivity index (χ3n) is 4.48. The minimum absolute atomic E-state index is 0.665. The third kappa shape index (κ3) is 4.40. The van der Waals surface area contributed by atoms with Crippen LogP contribution >= 0.6 is 0 Å². The quantitative estimate of drug-likeness (QED) is 0.602. The smallest absolute Gasteiger partial charge is 0.119 e. The summed E-state index contributed by atoms with van der Waals surface area (Å²) in [6.45, 7) is 4.98. The molecule has 0 heterocycles. The second kappa shape index (κ2) is 8.14. The monoisotopic (exact) mass is 272 g/mol. The van der Waals surface area contributed by atoms with Gasteiger partial charge in [-0.3, -0.25) is 0 Å². The van der Waals surface area contributed by atoms with Crippen molar-refractivity contribution in [2.45, 2.75) is 58.3 Å². The van der Waals surface area contributed by atoms with Gasteiger partial charge in [-0.2, -0.15) is 0 Å². The van der Waals surface area contributed by atoms with Crippen molar-refractivity contribution >= 4 is 0 Å². The van der Waals surface area contributed by atoms with E-state index in [-0.39, 0.29) is 0 Å². The maximum Gasteiger partial charge on any atom is 0.119 e. The highest BCUT2D eigenvalue weighted by Gasteiger charge is 2.21. The lowest BCUT2D eigenvalue weighted by molar-refractivity contribution is 0.308. The zero-order valence-electron chi connectivity index (χ0n) is 13.0. The molecular weight excluding hydrogens is 244 g/mol. The van der Waals surface area contributed by atoms with Gasteiger partial charge in [0.2, 0.25) is 0 Å². The summed E-state index contributed by atoms with van der Waals surface area (Å²) in [6, 6.07) is 8.76. The second-order valence-electron chi connectivity index (χ2n) is 5.96. The van der Waals surface area contributed by atoms with E-state index in [2.05, 4.69) is 31.2 Å². The van der Waals surface area contributed by atoms with Crippen molar-refractivity contribution in [3.8, 4) is 5.75 Å². The van der Waals surface area contributed by atoms with Crippen LogP contribution in [0.5, 0.6) is 5.75 Å². The molecule has 0 amide bonds. The minimum atomic E-state index is 0.665. The molecule has 0 spiro atoms. The fraction of sp³-hybridized carbons (Fsp3) is 0.579. The largest absolute Gasteiger partial charge is 0.490 e. The van der Waals surface area contributed by atoms with Gasteiger partial charge in [0.15, 0.2) is 0 Å². The van der Waals surface area contributed by atoms with Crippen molar-refractivity contribution in [3.63, 3.8) is 0 Å². The standard InChI is InChI=1S/C19H28O/c1-3-5-15-20-19-13-11-18(12-14-19)17-9-7-16(6-4-2)8-10-17/h3,5,11-14,16-17H,4,6-10,15H2,1-2H3/b5-3+. The molecule has 0 unspecified atom stereocenters. The molecule has 2 rings (SSSR count). The van der Waals surface area contributed by atoms with Gasteiger partial charge in [0.25, 0.3) is 0 Å². The number of allylic oxidation sites excluding steroid dienone is 1. The van der Waals surface area contributed by atoms with Gasteiger partial charge in [-0.05, 0) is 62.1 Å². The lowest BCUT2D eigenvalue weighted by Gasteiger charge is -2.28. The van der Waals surface area contributed by atoms with Crippen molar-refractivity contribution in [2.75, 3.05) is 6.61 Å². The van der Waals surface area contributed by atoms with E-state index in [1.807, 2.05) is 19.1 Å². The van der Waals surface area contributed by atoms with E-state index < -0.39 is 0 Å². The van der Waals surface area contributed by atoms with Crippen molar-refractivity contribution in [3.05, 3.63) is 42.0 Å². The highest BCUT2D eigenvalue weighted by Crippen LogP contribution is 2.37. The van der Waals surface area contributed by atoms with Crippen LogP contribution in [0.15, 0.2) is 36.4 Å². The van der Waals surface area contributed by atoms with Crippen LogP contribution in [0, 0.1) is 5.92 Å². The Labute approximate surface area is 124 Å². The Hall–Kier alpha value is -1.24. The average Bonchev–Trinajstić information content (AvgIpc) is 2.49.